The minimum atomic E-state index is -0.0225. The molecule has 0 atom stereocenters. The maximum atomic E-state index is 12.8. The minimum Gasteiger partial charge on any atom is -0.337 e. The molecule has 0 unspecified atom stereocenters. The largest absolute Gasteiger partial charge is 0.337 e. The van der Waals surface area contributed by atoms with E-state index in [2.05, 4.69) is 12.1 Å². The van der Waals surface area contributed by atoms with Gasteiger partial charge in [-0.1, -0.05) is 30.3 Å². The molecule has 1 aliphatic rings. The zero-order valence-corrected chi connectivity index (χ0v) is 14.9. The van der Waals surface area contributed by atoms with Gasteiger partial charge < -0.3 is 15.5 Å². The van der Waals surface area contributed by atoms with Crippen molar-refractivity contribution in [3.63, 3.8) is 0 Å². The third kappa shape index (κ3) is 4.29. The molecule has 5 nitrogen and oxygen atoms in total. The van der Waals surface area contributed by atoms with Gasteiger partial charge >= 0.3 is 0 Å². The van der Waals surface area contributed by atoms with Crippen molar-refractivity contribution in [2.45, 2.75) is 19.3 Å². The van der Waals surface area contributed by atoms with E-state index < -0.39 is 0 Å². The standard InChI is InChI=1S/C21H25N3O2/c22-13-16-23(15-12-17-5-2-1-3-6-17)21(26)18-8-10-19(11-9-18)24-14-4-7-20(24)25/h1-3,5-6,8-11H,4,7,12-16,22H2. The average molecular weight is 351 g/mol. The highest BCUT2D eigenvalue weighted by atomic mass is 16.2. The molecular formula is C21H25N3O2. The number of hydrogen-bond donors (Lipinski definition) is 1. The van der Waals surface area contributed by atoms with Crippen LogP contribution >= 0.6 is 0 Å². The van der Waals surface area contributed by atoms with Gasteiger partial charge in [0, 0.05) is 43.9 Å². The Morgan fingerprint density at radius 2 is 1.77 bits per heavy atom. The molecule has 0 spiro atoms. The maximum Gasteiger partial charge on any atom is 0.253 e. The fourth-order valence-corrected chi connectivity index (χ4v) is 3.27. The second-order valence-corrected chi connectivity index (χ2v) is 6.51. The van der Waals surface area contributed by atoms with E-state index in [1.807, 2.05) is 30.3 Å². The highest BCUT2D eigenvalue weighted by Gasteiger charge is 2.22. The van der Waals surface area contributed by atoms with Gasteiger partial charge in [-0.3, -0.25) is 9.59 Å². The van der Waals surface area contributed by atoms with E-state index in [4.69, 9.17) is 5.73 Å². The summed E-state index contributed by atoms with van der Waals surface area (Å²) in [6.45, 7) is 2.34. The summed E-state index contributed by atoms with van der Waals surface area (Å²) in [5.41, 5.74) is 8.38. The van der Waals surface area contributed by atoms with Crippen LogP contribution in [-0.2, 0) is 11.2 Å². The van der Waals surface area contributed by atoms with Crippen LogP contribution in [-0.4, -0.2) is 42.9 Å². The molecule has 2 aromatic carbocycles. The van der Waals surface area contributed by atoms with Gasteiger partial charge in [-0.15, -0.1) is 0 Å². The summed E-state index contributed by atoms with van der Waals surface area (Å²) >= 11 is 0. The molecule has 2 amide bonds. The van der Waals surface area contributed by atoms with Gasteiger partial charge in [0.25, 0.3) is 5.91 Å². The summed E-state index contributed by atoms with van der Waals surface area (Å²) in [6.07, 6.45) is 2.29. The molecule has 0 aromatic heterocycles. The Labute approximate surface area is 154 Å². The number of nitrogens with zero attached hydrogens (tertiary/aromatic N) is 2. The number of carbonyl (C=O) groups excluding carboxylic acids is 2. The van der Waals surface area contributed by atoms with Gasteiger partial charge in [0.05, 0.1) is 0 Å². The van der Waals surface area contributed by atoms with E-state index in [-0.39, 0.29) is 11.8 Å². The lowest BCUT2D eigenvalue weighted by Gasteiger charge is -2.23. The third-order valence-electron chi connectivity index (χ3n) is 4.70. The molecule has 5 heteroatoms. The molecule has 2 N–H and O–H groups in total. The predicted molar refractivity (Wildman–Crippen MR) is 103 cm³/mol. The lowest BCUT2D eigenvalue weighted by molar-refractivity contribution is -0.117. The van der Waals surface area contributed by atoms with Gasteiger partial charge in [0.1, 0.15) is 0 Å². The van der Waals surface area contributed by atoms with Gasteiger partial charge in [0.2, 0.25) is 5.91 Å². The number of amides is 2. The van der Waals surface area contributed by atoms with Crippen molar-refractivity contribution < 1.29 is 9.59 Å². The van der Waals surface area contributed by atoms with Crippen molar-refractivity contribution in [3.05, 3.63) is 65.7 Å². The van der Waals surface area contributed by atoms with Crippen LogP contribution in [0.2, 0.25) is 0 Å². The molecule has 1 saturated heterocycles. The van der Waals surface area contributed by atoms with E-state index in [1.54, 1.807) is 21.9 Å². The molecule has 1 fully saturated rings. The molecule has 26 heavy (non-hydrogen) atoms. The smallest absolute Gasteiger partial charge is 0.253 e. The van der Waals surface area contributed by atoms with Crippen LogP contribution in [0.3, 0.4) is 0 Å². The quantitative estimate of drug-likeness (QED) is 0.833. The number of anilines is 1. The normalized spacial score (nSPS) is 13.9. The number of nitrogens with two attached hydrogens (primary N) is 1. The molecule has 3 rings (SSSR count). The summed E-state index contributed by atoms with van der Waals surface area (Å²) in [4.78, 5) is 28.3. The van der Waals surface area contributed by atoms with Crippen molar-refractivity contribution >= 4 is 17.5 Å². The molecule has 0 bridgehead atoms. The first-order valence-electron chi connectivity index (χ1n) is 9.13. The van der Waals surface area contributed by atoms with Crippen LogP contribution in [0.5, 0.6) is 0 Å². The highest BCUT2D eigenvalue weighted by molar-refractivity contribution is 5.97. The van der Waals surface area contributed by atoms with Crippen LogP contribution in [0.25, 0.3) is 0 Å². The fraction of sp³-hybridized carbons (Fsp3) is 0.333. The van der Waals surface area contributed by atoms with Crippen LogP contribution in [0, 0.1) is 0 Å². The maximum absolute atomic E-state index is 12.8. The van der Waals surface area contributed by atoms with Crippen molar-refractivity contribution in [2.75, 3.05) is 31.1 Å². The summed E-state index contributed by atoms with van der Waals surface area (Å²) in [6, 6.07) is 17.4. The molecule has 2 aromatic rings. The predicted octanol–water partition coefficient (Wildman–Crippen LogP) is 2.46. The van der Waals surface area contributed by atoms with Gasteiger partial charge in [-0.25, -0.2) is 0 Å². The van der Waals surface area contributed by atoms with Crippen LogP contribution in [0.1, 0.15) is 28.8 Å². The van der Waals surface area contributed by atoms with Crippen molar-refractivity contribution in [1.29, 1.82) is 0 Å². The Kier molecular flexibility index (Phi) is 6.02. The minimum absolute atomic E-state index is 0.0225. The summed E-state index contributed by atoms with van der Waals surface area (Å²) in [5.74, 6) is 0.127. The van der Waals surface area contributed by atoms with Crippen molar-refractivity contribution in [1.82, 2.24) is 4.90 Å². The Balaban J connectivity index is 1.67. The van der Waals surface area contributed by atoms with Gasteiger partial charge in [-0.2, -0.15) is 0 Å². The second kappa shape index (κ2) is 8.63. The zero-order chi connectivity index (χ0) is 18.4. The topological polar surface area (TPSA) is 66.6 Å². The van der Waals surface area contributed by atoms with Crippen LogP contribution < -0.4 is 10.6 Å². The van der Waals surface area contributed by atoms with Crippen molar-refractivity contribution in [2.24, 2.45) is 5.73 Å². The first kappa shape index (κ1) is 18.1. The number of hydrogen-bond acceptors (Lipinski definition) is 3. The van der Waals surface area contributed by atoms with Crippen molar-refractivity contribution in [3.8, 4) is 0 Å². The summed E-state index contributed by atoms with van der Waals surface area (Å²) in [5, 5.41) is 0. The molecule has 1 heterocycles. The Bertz CT molecular complexity index is 744. The second-order valence-electron chi connectivity index (χ2n) is 6.51. The highest BCUT2D eigenvalue weighted by Crippen LogP contribution is 2.22. The van der Waals surface area contributed by atoms with E-state index >= 15 is 0 Å². The first-order valence-corrected chi connectivity index (χ1v) is 9.13. The Hall–Kier alpha value is -2.66. The van der Waals surface area contributed by atoms with Crippen LogP contribution in [0.15, 0.2) is 54.6 Å². The fourth-order valence-electron chi connectivity index (χ4n) is 3.27. The summed E-state index contributed by atoms with van der Waals surface area (Å²) < 4.78 is 0. The van der Waals surface area contributed by atoms with E-state index in [1.165, 1.54) is 5.56 Å². The van der Waals surface area contributed by atoms with Crippen LogP contribution in [0.4, 0.5) is 5.69 Å². The van der Waals surface area contributed by atoms with Gasteiger partial charge in [0.15, 0.2) is 0 Å². The molecular weight excluding hydrogens is 326 g/mol. The monoisotopic (exact) mass is 351 g/mol. The van der Waals surface area contributed by atoms with Gasteiger partial charge in [-0.05, 0) is 42.7 Å². The van der Waals surface area contributed by atoms with E-state index in [9.17, 15) is 9.59 Å². The molecule has 0 aliphatic carbocycles. The number of benzene rings is 2. The lowest BCUT2D eigenvalue weighted by Crippen LogP contribution is -2.37. The number of rotatable bonds is 7. The third-order valence-corrected chi connectivity index (χ3v) is 4.70. The SMILES string of the molecule is NCCN(CCc1ccccc1)C(=O)c1ccc(N2CCCC2=O)cc1. The zero-order valence-electron chi connectivity index (χ0n) is 14.9. The number of carbonyl (C=O) groups is 2. The Morgan fingerprint density at radius 3 is 2.38 bits per heavy atom. The molecule has 0 saturated carbocycles. The average Bonchev–Trinajstić information content (AvgIpc) is 3.11. The lowest BCUT2D eigenvalue weighted by atomic mass is 10.1. The van der Waals surface area contributed by atoms with E-state index in [0.29, 0.717) is 31.6 Å². The Morgan fingerprint density at radius 1 is 1.04 bits per heavy atom. The van der Waals surface area contributed by atoms with E-state index in [0.717, 1.165) is 25.1 Å². The molecule has 1 aliphatic heterocycles. The molecule has 136 valence electrons. The summed E-state index contributed by atoms with van der Waals surface area (Å²) in [7, 11) is 0. The first-order chi connectivity index (χ1) is 12.7. The molecule has 0 radical (unpaired) electrons.